The number of amides is 1. The summed E-state index contributed by atoms with van der Waals surface area (Å²) in [5.74, 6) is -0.350. The maximum absolute atomic E-state index is 13.6. The Balaban J connectivity index is 2.25. The molecule has 0 spiro atoms. The molecule has 0 atom stereocenters. The quantitative estimate of drug-likeness (QED) is 0.869. The minimum atomic E-state index is -0.585. The fraction of sp³-hybridized carbons (Fsp3) is 0.562. The Labute approximate surface area is 124 Å². The summed E-state index contributed by atoms with van der Waals surface area (Å²) in [5.41, 5.74) is 6.40. The van der Waals surface area contributed by atoms with Gasteiger partial charge in [-0.3, -0.25) is 5.32 Å². The van der Waals surface area contributed by atoms with Crippen molar-refractivity contribution in [3.8, 4) is 0 Å². The second kappa shape index (κ2) is 5.64. The number of halogens is 1. The molecular formula is C16H23FN2O2. The van der Waals surface area contributed by atoms with Gasteiger partial charge in [0.1, 0.15) is 11.4 Å². The van der Waals surface area contributed by atoms with Crippen molar-refractivity contribution < 1.29 is 13.9 Å². The lowest BCUT2D eigenvalue weighted by atomic mass is 9.88. The molecule has 2 rings (SSSR count). The van der Waals surface area contributed by atoms with Crippen LogP contribution in [0.4, 0.5) is 14.9 Å². The number of hydrogen-bond acceptors (Lipinski definition) is 3. The number of ether oxygens (including phenoxy) is 1. The van der Waals surface area contributed by atoms with E-state index in [1.54, 1.807) is 26.8 Å². The van der Waals surface area contributed by atoms with Crippen LogP contribution in [0.15, 0.2) is 18.2 Å². The second-order valence-electron chi connectivity index (χ2n) is 6.68. The minimum Gasteiger partial charge on any atom is -0.444 e. The molecule has 1 aliphatic carbocycles. The molecule has 0 heterocycles. The van der Waals surface area contributed by atoms with E-state index in [4.69, 9.17) is 10.5 Å². The molecule has 0 unspecified atom stereocenters. The highest BCUT2D eigenvalue weighted by atomic mass is 19.1. The Kier molecular flexibility index (Phi) is 4.23. The van der Waals surface area contributed by atoms with Gasteiger partial charge in [0.2, 0.25) is 0 Å². The van der Waals surface area contributed by atoms with Crippen molar-refractivity contribution in [3.05, 3.63) is 29.6 Å². The van der Waals surface area contributed by atoms with Crippen molar-refractivity contribution in [1.82, 2.24) is 0 Å². The summed E-state index contributed by atoms with van der Waals surface area (Å²) in [7, 11) is 0. The summed E-state index contributed by atoms with van der Waals surface area (Å²) in [4.78, 5) is 11.9. The first-order valence-corrected chi connectivity index (χ1v) is 7.29. The van der Waals surface area contributed by atoms with Gasteiger partial charge < -0.3 is 10.5 Å². The van der Waals surface area contributed by atoms with Crippen LogP contribution in [0.25, 0.3) is 0 Å². The monoisotopic (exact) mass is 294 g/mol. The van der Waals surface area contributed by atoms with Gasteiger partial charge >= 0.3 is 6.09 Å². The second-order valence-corrected chi connectivity index (χ2v) is 6.68. The maximum Gasteiger partial charge on any atom is 0.412 e. The van der Waals surface area contributed by atoms with Crippen LogP contribution in [0.5, 0.6) is 0 Å². The molecule has 3 N–H and O–H groups in total. The average Bonchev–Trinajstić information content (AvgIpc) is 2.77. The van der Waals surface area contributed by atoms with E-state index in [0.717, 1.165) is 25.7 Å². The van der Waals surface area contributed by atoms with Crippen molar-refractivity contribution in [1.29, 1.82) is 0 Å². The maximum atomic E-state index is 13.6. The first kappa shape index (κ1) is 15.8. The lowest BCUT2D eigenvalue weighted by Crippen LogP contribution is -2.35. The average molecular weight is 294 g/mol. The van der Waals surface area contributed by atoms with Crippen LogP contribution in [0, 0.1) is 5.82 Å². The molecule has 0 saturated heterocycles. The van der Waals surface area contributed by atoms with Crippen molar-refractivity contribution in [2.45, 2.75) is 57.6 Å². The number of carbonyl (C=O) groups excluding carboxylic acids is 1. The molecule has 0 bridgehead atoms. The number of nitrogens with one attached hydrogen (secondary N) is 1. The van der Waals surface area contributed by atoms with E-state index < -0.39 is 17.2 Å². The first-order valence-electron chi connectivity index (χ1n) is 7.29. The highest BCUT2D eigenvalue weighted by molar-refractivity contribution is 5.86. The summed E-state index contributed by atoms with van der Waals surface area (Å²) < 4.78 is 18.8. The highest BCUT2D eigenvalue weighted by Gasteiger charge is 2.34. The van der Waals surface area contributed by atoms with Crippen LogP contribution < -0.4 is 11.1 Å². The summed E-state index contributed by atoms with van der Waals surface area (Å²) in [5, 5.41) is 2.69. The van der Waals surface area contributed by atoms with Crippen molar-refractivity contribution in [2.24, 2.45) is 5.73 Å². The van der Waals surface area contributed by atoms with E-state index in [1.165, 1.54) is 12.1 Å². The lowest BCUT2D eigenvalue weighted by molar-refractivity contribution is 0.0635. The van der Waals surface area contributed by atoms with Gasteiger partial charge in [-0.15, -0.1) is 0 Å². The topological polar surface area (TPSA) is 64.3 Å². The fourth-order valence-corrected chi connectivity index (χ4v) is 2.73. The summed E-state index contributed by atoms with van der Waals surface area (Å²) in [6.45, 7) is 5.37. The predicted octanol–water partition coefficient (Wildman–Crippen LogP) is 3.90. The molecule has 0 radical (unpaired) electrons. The molecule has 21 heavy (non-hydrogen) atoms. The zero-order valence-corrected chi connectivity index (χ0v) is 12.8. The van der Waals surface area contributed by atoms with E-state index in [-0.39, 0.29) is 5.82 Å². The van der Waals surface area contributed by atoms with E-state index in [0.29, 0.717) is 11.3 Å². The number of nitrogens with two attached hydrogens (primary N) is 1. The summed E-state index contributed by atoms with van der Waals surface area (Å²) in [6, 6.07) is 4.27. The number of benzene rings is 1. The standard InChI is InChI=1S/C16H23FN2O2/c1-15(2,3)21-14(20)19-13-7-6-11(17)10-12(13)16(18)8-4-5-9-16/h6-7,10H,4-5,8-9,18H2,1-3H3,(H,19,20). The van der Waals surface area contributed by atoms with Crippen molar-refractivity contribution >= 4 is 11.8 Å². The molecule has 1 saturated carbocycles. The van der Waals surface area contributed by atoms with Crippen LogP contribution in [-0.2, 0) is 10.3 Å². The number of carbonyl (C=O) groups is 1. The Morgan fingerprint density at radius 2 is 1.95 bits per heavy atom. The molecule has 4 nitrogen and oxygen atoms in total. The molecule has 1 aromatic rings. The molecule has 0 aromatic heterocycles. The largest absolute Gasteiger partial charge is 0.444 e. The zero-order chi connectivity index (χ0) is 15.7. The van der Waals surface area contributed by atoms with E-state index in [1.807, 2.05) is 0 Å². The van der Waals surface area contributed by atoms with Gasteiger partial charge in [-0.25, -0.2) is 9.18 Å². The predicted molar refractivity (Wildman–Crippen MR) is 80.6 cm³/mol. The van der Waals surface area contributed by atoms with Crippen molar-refractivity contribution in [2.75, 3.05) is 5.32 Å². The Morgan fingerprint density at radius 1 is 1.33 bits per heavy atom. The minimum absolute atomic E-state index is 0.350. The Hall–Kier alpha value is -1.62. The van der Waals surface area contributed by atoms with Gasteiger partial charge in [-0.2, -0.15) is 0 Å². The molecule has 0 aliphatic heterocycles. The number of rotatable bonds is 2. The fourth-order valence-electron chi connectivity index (χ4n) is 2.73. The smallest absolute Gasteiger partial charge is 0.412 e. The van der Waals surface area contributed by atoms with Crippen LogP contribution in [-0.4, -0.2) is 11.7 Å². The molecule has 116 valence electrons. The van der Waals surface area contributed by atoms with Crippen LogP contribution in [0.1, 0.15) is 52.0 Å². The van der Waals surface area contributed by atoms with Crippen LogP contribution >= 0.6 is 0 Å². The van der Waals surface area contributed by atoms with Gasteiger partial charge in [0.15, 0.2) is 0 Å². The SMILES string of the molecule is CC(C)(C)OC(=O)Nc1ccc(F)cc1C1(N)CCCC1. The van der Waals surface area contributed by atoms with E-state index in [2.05, 4.69) is 5.32 Å². The van der Waals surface area contributed by atoms with Gasteiger partial charge in [-0.1, -0.05) is 12.8 Å². The van der Waals surface area contributed by atoms with E-state index >= 15 is 0 Å². The number of hydrogen-bond donors (Lipinski definition) is 2. The number of anilines is 1. The third kappa shape index (κ3) is 3.94. The normalized spacial score (nSPS) is 17.6. The van der Waals surface area contributed by atoms with Gasteiger partial charge in [-0.05, 0) is 57.4 Å². The van der Waals surface area contributed by atoms with Gasteiger partial charge in [0.25, 0.3) is 0 Å². The summed E-state index contributed by atoms with van der Waals surface area (Å²) >= 11 is 0. The zero-order valence-electron chi connectivity index (χ0n) is 12.8. The van der Waals surface area contributed by atoms with Gasteiger partial charge in [0, 0.05) is 11.2 Å². The molecule has 1 fully saturated rings. The summed E-state index contributed by atoms with van der Waals surface area (Å²) in [6.07, 6.45) is 3.05. The van der Waals surface area contributed by atoms with Crippen molar-refractivity contribution in [3.63, 3.8) is 0 Å². The molecule has 1 aliphatic rings. The van der Waals surface area contributed by atoms with Crippen LogP contribution in [0.2, 0.25) is 0 Å². The molecule has 5 heteroatoms. The molecule has 1 amide bonds. The van der Waals surface area contributed by atoms with E-state index in [9.17, 15) is 9.18 Å². The lowest BCUT2D eigenvalue weighted by Gasteiger charge is -2.27. The Morgan fingerprint density at radius 3 is 2.52 bits per heavy atom. The van der Waals surface area contributed by atoms with Crippen LogP contribution in [0.3, 0.4) is 0 Å². The third-order valence-corrected chi connectivity index (χ3v) is 3.65. The Bertz CT molecular complexity index is 532. The highest BCUT2D eigenvalue weighted by Crippen LogP contribution is 2.40. The molecular weight excluding hydrogens is 271 g/mol. The molecule has 1 aromatic carbocycles. The van der Waals surface area contributed by atoms with Gasteiger partial charge in [0.05, 0.1) is 0 Å². The third-order valence-electron chi connectivity index (χ3n) is 3.65. The first-order chi connectivity index (χ1) is 9.70.